The van der Waals surface area contributed by atoms with Gasteiger partial charge in [0.25, 0.3) is 0 Å². The molecule has 16 heavy (non-hydrogen) atoms. The molecular formula is C11H20N4O. The summed E-state index contributed by atoms with van der Waals surface area (Å²) in [5.41, 5.74) is 0.950. The lowest BCUT2D eigenvalue weighted by Crippen LogP contribution is -2.33. The number of likely N-dealkylation sites (N-methyl/N-ethyl adjacent to an activating group) is 1. The van der Waals surface area contributed by atoms with E-state index < -0.39 is 0 Å². The second kappa shape index (κ2) is 5.65. The number of aromatic nitrogens is 2. The maximum Gasteiger partial charge on any atom is 0.224 e. The molecule has 0 aromatic carbocycles. The summed E-state index contributed by atoms with van der Waals surface area (Å²) in [7, 11) is 5.52. The molecule has 0 saturated heterocycles. The molecule has 0 radical (unpaired) electrons. The molecule has 90 valence electrons. The van der Waals surface area contributed by atoms with E-state index in [9.17, 15) is 0 Å². The van der Waals surface area contributed by atoms with Gasteiger partial charge in [-0.15, -0.1) is 0 Å². The molecule has 1 rings (SSSR count). The fraction of sp³-hybridized carbons (Fsp3) is 0.636. The second-order valence-electron chi connectivity index (χ2n) is 3.86. The number of methoxy groups -OCH3 is 1. The summed E-state index contributed by atoms with van der Waals surface area (Å²) >= 11 is 0. The van der Waals surface area contributed by atoms with Crippen molar-refractivity contribution in [2.45, 2.75) is 19.9 Å². The van der Waals surface area contributed by atoms with Gasteiger partial charge in [-0.05, 0) is 13.8 Å². The van der Waals surface area contributed by atoms with Crippen LogP contribution in [-0.4, -0.2) is 43.8 Å². The summed E-state index contributed by atoms with van der Waals surface area (Å²) in [4.78, 5) is 10.7. The van der Waals surface area contributed by atoms with E-state index in [1.807, 2.05) is 27.1 Å². The van der Waals surface area contributed by atoms with Crippen LogP contribution in [0.4, 0.5) is 11.8 Å². The maximum atomic E-state index is 5.13. The molecule has 1 heterocycles. The van der Waals surface area contributed by atoms with E-state index in [0.29, 0.717) is 12.6 Å². The van der Waals surface area contributed by atoms with Crippen LogP contribution in [0.5, 0.6) is 0 Å². The highest BCUT2D eigenvalue weighted by Gasteiger charge is 2.12. The monoisotopic (exact) mass is 224 g/mol. The molecule has 0 saturated carbocycles. The standard InChI is InChI=1S/C11H20N4O/c1-8-6-10(14-11(12-3)13-8)15(4)9(2)7-16-5/h6,9H,7H2,1-5H3,(H,12,13,14). The van der Waals surface area contributed by atoms with Crippen molar-refractivity contribution < 1.29 is 4.74 Å². The van der Waals surface area contributed by atoms with Gasteiger partial charge in [0.05, 0.1) is 12.6 Å². The van der Waals surface area contributed by atoms with Gasteiger partial charge in [-0.2, -0.15) is 4.98 Å². The summed E-state index contributed by atoms with van der Waals surface area (Å²) in [6.07, 6.45) is 0. The Balaban J connectivity index is 2.89. The summed E-state index contributed by atoms with van der Waals surface area (Å²) < 4.78 is 5.13. The Bertz CT molecular complexity index is 343. The largest absolute Gasteiger partial charge is 0.383 e. The molecule has 0 bridgehead atoms. The van der Waals surface area contributed by atoms with E-state index in [0.717, 1.165) is 11.5 Å². The van der Waals surface area contributed by atoms with Gasteiger partial charge in [0.2, 0.25) is 5.95 Å². The third-order valence-corrected chi connectivity index (χ3v) is 2.49. The number of anilines is 2. The van der Waals surface area contributed by atoms with Crippen LogP contribution in [0.1, 0.15) is 12.6 Å². The molecule has 0 aliphatic heterocycles. The number of rotatable bonds is 5. The van der Waals surface area contributed by atoms with Crippen LogP contribution in [0.3, 0.4) is 0 Å². The van der Waals surface area contributed by atoms with Crippen molar-refractivity contribution in [2.75, 3.05) is 38.0 Å². The quantitative estimate of drug-likeness (QED) is 0.817. The predicted octanol–water partition coefficient (Wildman–Crippen LogP) is 1.30. The molecule has 0 spiro atoms. The van der Waals surface area contributed by atoms with Gasteiger partial charge in [0.15, 0.2) is 0 Å². The highest BCUT2D eigenvalue weighted by Crippen LogP contribution is 2.15. The van der Waals surface area contributed by atoms with Crippen LogP contribution in [0.15, 0.2) is 6.07 Å². The van der Waals surface area contributed by atoms with Crippen LogP contribution in [0, 0.1) is 6.92 Å². The Kier molecular flexibility index (Phi) is 4.49. The van der Waals surface area contributed by atoms with Crippen LogP contribution in [-0.2, 0) is 4.74 Å². The van der Waals surface area contributed by atoms with Crippen molar-refractivity contribution in [3.05, 3.63) is 11.8 Å². The minimum Gasteiger partial charge on any atom is -0.383 e. The van der Waals surface area contributed by atoms with Gasteiger partial charge in [0.1, 0.15) is 5.82 Å². The van der Waals surface area contributed by atoms with E-state index in [1.165, 1.54) is 0 Å². The minimum atomic E-state index is 0.281. The maximum absolute atomic E-state index is 5.13. The lowest BCUT2D eigenvalue weighted by atomic mass is 10.3. The number of nitrogens with one attached hydrogen (secondary N) is 1. The first-order valence-corrected chi connectivity index (χ1v) is 5.33. The first-order chi connectivity index (χ1) is 7.58. The number of aryl methyl sites for hydroxylation is 1. The van der Waals surface area contributed by atoms with Crippen molar-refractivity contribution in [3.63, 3.8) is 0 Å². The van der Waals surface area contributed by atoms with Gasteiger partial charge in [-0.1, -0.05) is 0 Å². The van der Waals surface area contributed by atoms with E-state index in [-0.39, 0.29) is 6.04 Å². The highest BCUT2D eigenvalue weighted by atomic mass is 16.5. The molecule has 0 fully saturated rings. The normalized spacial score (nSPS) is 12.3. The molecule has 1 N–H and O–H groups in total. The molecule has 1 aromatic heterocycles. The lowest BCUT2D eigenvalue weighted by molar-refractivity contribution is 0.183. The van der Waals surface area contributed by atoms with Gasteiger partial charge < -0.3 is 15.0 Å². The lowest BCUT2D eigenvalue weighted by Gasteiger charge is -2.25. The van der Waals surface area contributed by atoms with Gasteiger partial charge in [-0.25, -0.2) is 4.98 Å². The predicted molar refractivity (Wildman–Crippen MR) is 66.1 cm³/mol. The average molecular weight is 224 g/mol. The molecule has 1 aromatic rings. The van der Waals surface area contributed by atoms with Crippen LogP contribution in [0.25, 0.3) is 0 Å². The first-order valence-electron chi connectivity index (χ1n) is 5.33. The fourth-order valence-corrected chi connectivity index (χ4v) is 1.42. The molecule has 1 atom stereocenters. The fourth-order valence-electron chi connectivity index (χ4n) is 1.42. The van der Waals surface area contributed by atoms with Crippen molar-refractivity contribution in [2.24, 2.45) is 0 Å². The molecule has 5 nitrogen and oxygen atoms in total. The van der Waals surface area contributed by atoms with Crippen molar-refractivity contribution in [3.8, 4) is 0 Å². The summed E-state index contributed by atoms with van der Waals surface area (Å²) in [6.45, 7) is 4.73. The molecule has 0 aliphatic carbocycles. The van der Waals surface area contributed by atoms with Crippen LogP contribution in [0.2, 0.25) is 0 Å². The highest BCUT2D eigenvalue weighted by molar-refractivity contribution is 5.44. The summed E-state index contributed by atoms with van der Waals surface area (Å²) in [6, 6.07) is 2.25. The number of ether oxygens (including phenoxy) is 1. The molecule has 1 unspecified atom stereocenters. The third kappa shape index (κ3) is 3.06. The van der Waals surface area contributed by atoms with Crippen molar-refractivity contribution >= 4 is 11.8 Å². The Morgan fingerprint density at radius 3 is 2.75 bits per heavy atom. The Labute approximate surface area is 96.8 Å². The summed E-state index contributed by atoms with van der Waals surface area (Å²) in [5.74, 6) is 1.55. The molecule has 5 heteroatoms. The Morgan fingerprint density at radius 1 is 1.50 bits per heavy atom. The Morgan fingerprint density at radius 2 is 2.19 bits per heavy atom. The SMILES string of the molecule is CNc1nc(C)cc(N(C)C(C)COC)n1. The average Bonchev–Trinajstić information content (AvgIpc) is 2.27. The third-order valence-electron chi connectivity index (χ3n) is 2.49. The number of hydrogen-bond acceptors (Lipinski definition) is 5. The molecular weight excluding hydrogens is 204 g/mol. The van der Waals surface area contributed by atoms with Crippen molar-refractivity contribution in [1.29, 1.82) is 0 Å². The van der Waals surface area contributed by atoms with Gasteiger partial charge >= 0.3 is 0 Å². The Hall–Kier alpha value is -1.36. The smallest absolute Gasteiger partial charge is 0.224 e. The van der Waals surface area contributed by atoms with E-state index in [1.54, 1.807) is 7.11 Å². The van der Waals surface area contributed by atoms with Crippen LogP contribution >= 0.6 is 0 Å². The zero-order valence-corrected chi connectivity index (χ0v) is 10.6. The number of nitrogens with zero attached hydrogens (tertiary/aromatic N) is 3. The minimum absolute atomic E-state index is 0.281. The first kappa shape index (κ1) is 12.7. The van der Waals surface area contributed by atoms with Crippen LogP contribution < -0.4 is 10.2 Å². The van der Waals surface area contributed by atoms with E-state index in [2.05, 4.69) is 27.1 Å². The number of hydrogen-bond donors (Lipinski definition) is 1. The van der Waals surface area contributed by atoms with E-state index >= 15 is 0 Å². The van der Waals surface area contributed by atoms with Gasteiger partial charge in [0, 0.05) is 33.0 Å². The van der Waals surface area contributed by atoms with E-state index in [4.69, 9.17) is 4.74 Å². The zero-order valence-electron chi connectivity index (χ0n) is 10.6. The van der Waals surface area contributed by atoms with Crippen molar-refractivity contribution in [1.82, 2.24) is 9.97 Å². The topological polar surface area (TPSA) is 50.3 Å². The summed E-state index contributed by atoms with van der Waals surface area (Å²) in [5, 5.41) is 2.95. The molecule has 0 amide bonds. The zero-order chi connectivity index (χ0) is 12.1. The second-order valence-corrected chi connectivity index (χ2v) is 3.86. The van der Waals surface area contributed by atoms with Gasteiger partial charge in [-0.3, -0.25) is 0 Å². The molecule has 0 aliphatic rings.